The molecule has 0 fully saturated rings. The lowest BCUT2D eigenvalue weighted by Gasteiger charge is -2.24. The van der Waals surface area contributed by atoms with Crippen LogP contribution in [0.25, 0.3) is 0 Å². The average molecular weight is 242 g/mol. The largest absolute Gasteiger partial charge is 0.466 e. The number of carbonyl (C=O) groups is 1. The van der Waals surface area contributed by atoms with E-state index in [1.54, 1.807) is 0 Å². The number of esters is 1. The van der Waals surface area contributed by atoms with Crippen LogP contribution >= 0.6 is 0 Å². The minimum atomic E-state index is -0.0767. The first-order valence-electron chi connectivity index (χ1n) is 7.17. The number of carbonyl (C=O) groups excluding carboxylic acids is 1. The Morgan fingerprint density at radius 2 is 1.59 bits per heavy atom. The predicted octanol–water partition coefficient (Wildman–Crippen LogP) is 4.72. The Hall–Kier alpha value is -0.530. The summed E-state index contributed by atoms with van der Waals surface area (Å²) in [6.45, 7) is 9.37. The molecule has 0 atom stereocenters. The van der Waals surface area contributed by atoms with Crippen LogP contribution in [0, 0.1) is 5.41 Å². The number of hydrogen-bond acceptors (Lipinski definition) is 2. The summed E-state index contributed by atoms with van der Waals surface area (Å²) in [5, 5.41) is 0. The highest BCUT2D eigenvalue weighted by molar-refractivity contribution is 5.68. The fourth-order valence-electron chi connectivity index (χ4n) is 1.97. The fourth-order valence-corrected chi connectivity index (χ4v) is 1.97. The predicted molar refractivity (Wildman–Crippen MR) is 73.0 cm³/mol. The third-order valence-electron chi connectivity index (χ3n) is 3.26. The van der Waals surface area contributed by atoms with E-state index < -0.39 is 0 Å². The van der Waals surface area contributed by atoms with Gasteiger partial charge in [0.25, 0.3) is 0 Å². The lowest BCUT2D eigenvalue weighted by Crippen LogP contribution is -2.12. The first-order chi connectivity index (χ1) is 8.02. The molecule has 0 heterocycles. The van der Waals surface area contributed by atoms with Crippen LogP contribution in [0.3, 0.4) is 0 Å². The molecular formula is C15H30O2. The second-order valence-corrected chi connectivity index (χ2v) is 5.65. The zero-order chi connectivity index (χ0) is 13.1. The SMILES string of the molecule is CCCCCC(C)(C)CCCCOC(=O)CC. The van der Waals surface area contributed by atoms with Crippen LogP contribution in [-0.4, -0.2) is 12.6 Å². The summed E-state index contributed by atoms with van der Waals surface area (Å²) in [4.78, 5) is 10.9. The van der Waals surface area contributed by atoms with Gasteiger partial charge in [-0.1, -0.05) is 47.0 Å². The summed E-state index contributed by atoms with van der Waals surface area (Å²) in [7, 11) is 0. The molecule has 0 aliphatic carbocycles. The molecule has 0 aromatic heterocycles. The third kappa shape index (κ3) is 10.3. The Kier molecular flexibility index (Phi) is 9.20. The molecule has 102 valence electrons. The van der Waals surface area contributed by atoms with Gasteiger partial charge in [-0.3, -0.25) is 4.79 Å². The first kappa shape index (κ1) is 16.5. The van der Waals surface area contributed by atoms with Crippen molar-refractivity contribution in [3.8, 4) is 0 Å². The molecule has 0 aromatic rings. The highest BCUT2D eigenvalue weighted by Crippen LogP contribution is 2.29. The zero-order valence-corrected chi connectivity index (χ0v) is 12.2. The van der Waals surface area contributed by atoms with E-state index >= 15 is 0 Å². The Morgan fingerprint density at radius 1 is 1.00 bits per heavy atom. The summed E-state index contributed by atoms with van der Waals surface area (Å²) < 4.78 is 5.07. The standard InChI is InChI=1S/C15H30O2/c1-5-7-8-11-15(3,4)12-9-10-13-17-14(16)6-2/h5-13H2,1-4H3. The van der Waals surface area contributed by atoms with Gasteiger partial charge in [-0.15, -0.1) is 0 Å². The van der Waals surface area contributed by atoms with Crippen LogP contribution in [0.4, 0.5) is 0 Å². The summed E-state index contributed by atoms with van der Waals surface area (Å²) in [6.07, 6.45) is 9.19. The van der Waals surface area contributed by atoms with E-state index in [0.717, 1.165) is 12.8 Å². The monoisotopic (exact) mass is 242 g/mol. The molecule has 0 aromatic carbocycles. The van der Waals surface area contributed by atoms with Crippen molar-refractivity contribution >= 4 is 5.97 Å². The fraction of sp³-hybridized carbons (Fsp3) is 0.933. The van der Waals surface area contributed by atoms with Crippen molar-refractivity contribution in [1.82, 2.24) is 0 Å². The zero-order valence-electron chi connectivity index (χ0n) is 12.2. The molecule has 0 radical (unpaired) electrons. The lowest BCUT2D eigenvalue weighted by atomic mass is 9.82. The number of ether oxygens (including phenoxy) is 1. The van der Waals surface area contributed by atoms with Gasteiger partial charge in [0.1, 0.15) is 0 Å². The minimum Gasteiger partial charge on any atom is -0.466 e. The van der Waals surface area contributed by atoms with E-state index in [-0.39, 0.29) is 5.97 Å². The van der Waals surface area contributed by atoms with Gasteiger partial charge in [0, 0.05) is 6.42 Å². The van der Waals surface area contributed by atoms with E-state index in [1.165, 1.54) is 32.1 Å². The second kappa shape index (κ2) is 9.49. The highest BCUT2D eigenvalue weighted by atomic mass is 16.5. The van der Waals surface area contributed by atoms with Crippen molar-refractivity contribution in [2.75, 3.05) is 6.61 Å². The molecule has 0 saturated heterocycles. The molecular weight excluding hydrogens is 212 g/mol. The van der Waals surface area contributed by atoms with Gasteiger partial charge < -0.3 is 4.74 Å². The highest BCUT2D eigenvalue weighted by Gasteiger charge is 2.16. The van der Waals surface area contributed by atoms with Crippen molar-refractivity contribution in [3.05, 3.63) is 0 Å². The summed E-state index contributed by atoms with van der Waals surface area (Å²) in [5.74, 6) is -0.0767. The van der Waals surface area contributed by atoms with Crippen LogP contribution in [0.15, 0.2) is 0 Å². The molecule has 0 unspecified atom stereocenters. The van der Waals surface area contributed by atoms with Crippen LogP contribution in [-0.2, 0) is 9.53 Å². The van der Waals surface area contributed by atoms with Gasteiger partial charge in [-0.25, -0.2) is 0 Å². The molecule has 0 rings (SSSR count). The van der Waals surface area contributed by atoms with E-state index in [9.17, 15) is 4.79 Å². The van der Waals surface area contributed by atoms with Gasteiger partial charge in [-0.2, -0.15) is 0 Å². The van der Waals surface area contributed by atoms with Crippen molar-refractivity contribution < 1.29 is 9.53 Å². The molecule has 0 amide bonds. The van der Waals surface area contributed by atoms with Gasteiger partial charge in [0.05, 0.1) is 6.61 Å². The topological polar surface area (TPSA) is 26.3 Å². The molecule has 0 spiro atoms. The van der Waals surface area contributed by atoms with Gasteiger partial charge >= 0.3 is 5.97 Å². The van der Waals surface area contributed by atoms with Crippen molar-refractivity contribution in [2.45, 2.75) is 79.1 Å². The number of hydrogen-bond donors (Lipinski definition) is 0. The van der Waals surface area contributed by atoms with Crippen LogP contribution in [0.2, 0.25) is 0 Å². The van der Waals surface area contributed by atoms with E-state index in [1.807, 2.05) is 6.92 Å². The lowest BCUT2D eigenvalue weighted by molar-refractivity contribution is -0.143. The Labute approximate surface area is 107 Å². The van der Waals surface area contributed by atoms with E-state index in [4.69, 9.17) is 4.74 Å². The van der Waals surface area contributed by atoms with E-state index in [2.05, 4.69) is 20.8 Å². The molecule has 2 nitrogen and oxygen atoms in total. The summed E-state index contributed by atoms with van der Waals surface area (Å²) >= 11 is 0. The van der Waals surface area contributed by atoms with Crippen molar-refractivity contribution in [3.63, 3.8) is 0 Å². The maximum absolute atomic E-state index is 10.9. The number of rotatable bonds is 10. The van der Waals surface area contributed by atoms with Gasteiger partial charge in [0.2, 0.25) is 0 Å². The Morgan fingerprint density at radius 3 is 2.12 bits per heavy atom. The smallest absolute Gasteiger partial charge is 0.305 e. The second-order valence-electron chi connectivity index (χ2n) is 5.65. The normalized spacial score (nSPS) is 11.5. The number of unbranched alkanes of at least 4 members (excludes halogenated alkanes) is 3. The third-order valence-corrected chi connectivity index (χ3v) is 3.26. The Bertz CT molecular complexity index is 197. The van der Waals surface area contributed by atoms with Crippen LogP contribution < -0.4 is 0 Å². The van der Waals surface area contributed by atoms with Gasteiger partial charge in [0.15, 0.2) is 0 Å². The quantitative estimate of drug-likeness (QED) is 0.409. The van der Waals surface area contributed by atoms with Gasteiger partial charge in [-0.05, 0) is 31.1 Å². The van der Waals surface area contributed by atoms with Crippen molar-refractivity contribution in [2.24, 2.45) is 5.41 Å². The molecule has 0 bridgehead atoms. The van der Waals surface area contributed by atoms with E-state index in [0.29, 0.717) is 18.4 Å². The average Bonchev–Trinajstić information content (AvgIpc) is 2.28. The maximum atomic E-state index is 10.9. The molecule has 0 aliphatic rings. The minimum absolute atomic E-state index is 0.0767. The van der Waals surface area contributed by atoms with Crippen LogP contribution in [0.5, 0.6) is 0 Å². The molecule has 0 aliphatic heterocycles. The molecule has 17 heavy (non-hydrogen) atoms. The van der Waals surface area contributed by atoms with Crippen LogP contribution in [0.1, 0.15) is 79.1 Å². The summed E-state index contributed by atoms with van der Waals surface area (Å²) in [6, 6.07) is 0. The summed E-state index contributed by atoms with van der Waals surface area (Å²) in [5.41, 5.74) is 0.448. The molecule has 0 saturated carbocycles. The maximum Gasteiger partial charge on any atom is 0.305 e. The molecule has 2 heteroatoms. The first-order valence-corrected chi connectivity index (χ1v) is 7.17. The Balaban J connectivity index is 3.48. The van der Waals surface area contributed by atoms with Crippen molar-refractivity contribution in [1.29, 1.82) is 0 Å². The molecule has 0 N–H and O–H groups in total.